The van der Waals surface area contributed by atoms with Gasteiger partial charge in [0.2, 0.25) is 11.8 Å². The summed E-state index contributed by atoms with van der Waals surface area (Å²) in [7, 11) is 0. The van der Waals surface area contributed by atoms with Gasteiger partial charge in [-0.05, 0) is 0 Å². The summed E-state index contributed by atoms with van der Waals surface area (Å²) in [4.78, 5) is 22.9. The van der Waals surface area contributed by atoms with Crippen LogP contribution in [0.3, 0.4) is 0 Å². The van der Waals surface area contributed by atoms with Crippen molar-refractivity contribution in [3.05, 3.63) is 0 Å². The van der Waals surface area contributed by atoms with E-state index in [4.69, 9.17) is 37.9 Å². The van der Waals surface area contributed by atoms with Crippen LogP contribution < -0.4 is 10.6 Å². The molecule has 2 aliphatic rings. The zero-order valence-corrected chi connectivity index (χ0v) is 26.6. The Hall–Kier alpha value is -1.62. The molecule has 18 nitrogen and oxygen atoms in total. The summed E-state index contributed by atoms with van der Waals surface area (Å²) in [5, 5.41) is 64.3. The molecule has 2 heterocycles. The van der Waals surface area contributed by atoms with Crippen molar-refractivity contribution < 1.29 is 78.1 Å². The summed E-state index contributed by atoms with van der Waals surface area (Å²) >= 11 is 0. The Morgan fingerprint density at radius 1 is 0.609 bits per heavy atom. The Morgan fingerprint density at radius 2 is 0.957 bits per heavy atom. The number of aliphatic hydroxyl groups excluding tert-OH is 6. The number of aliphatic hydroxyl groups is 6. The van der Waals surface area contributed by atoms with Gasteiger partial charge in [-0.1, -0.05) is 6.92 Å². The molecule has 0 saturated carbocycles. The number of hydrogen-bond donors (Lipinski definition) is 8. The highest BCUT2D eigenvalue weighted by Gasteiger charge is 2.46. The van der Waals surface area contributed by atoms with Crippen molar-refractivity contribution in [2.45, 2.75) is 82.1 Å². The average molecular weight is 673 g/mol. The van der Waals surface area contributed by atoms with Crippen molar-refractivity contribution >= 4 is 11.8 Å². The maximum Gasteiger partial charge on any atom is 0.217 e. The van der Waals surface area contributed by atoms with Gasteiger partial charge in [-0.3, -0.25) is 9.59 Å². The number of rotatable bonds is 22. The van der Waals surface area contributed by atoms with Crippen LogP contribution in [0.25, 0.3) is 0 Å². The molecule has 270 valence electrons. The monoisotopic (exact) mass is 672 g/mol. The molecule has 2 rings (SSSR count). The first-order valence-electron chi connectivity index (χ1n) is 15.3. The van der Waals surface area contributed by atoms with E-state index < -0.39 is 86.3 Å². The lowest BCUT2D eigenvalue weighted by atomic mass is 9.97. The normalized spacial score (nSPS) is 32.2. The van der Waals surface area contributed by atoms with Gasteiger partial charge in [-0.15, -0.1) is 0 Å². The summed E-state index contributed by atoms with van der Waals surface area (Å²) in [6.45, 7) is 6.08. The van der Waals surface area contributed by atoms with Crippen LogP contribution in [0, 0.1) is 5.92 Å². The van der Waals surface area contributed by atoms with Gasteiger partial charge in [0, 0.05) is 19.8 Å². The van der Waals surface area contributed by atoms with Crippen molar-refractivity contribution in [1.82, 2.24) is 10.6 Å². The summed E-state index contributed by atoms with van der Waals surface area (Å²) in [6.07, 6.45) is -9.79. The van der Waals surface area contributed by atoms with Crippen molar-refractivity contribution in [2.24, 2.45) is 5.92 Å². The molecule has 0 spiro atoms. The van der Waals surface area contributed by atoms with E-state index >= 15 is 0 Å². The minimum absolute atomic E-state index is 0.0730. The van der Waals surface area contributed by atoms with Crippen LogP contribution in [-0.2, 0) is 47.5 Å². The molecule has 2 amide bonds. The molecule has 8 unspecified atom stereocenters. The van der Waals surface area contributed by atoms with E-state index in [9.17, 15) is 40.2 Å². The second kappa shape index (κ2) is 22.1. The van der Waals surface area contributed by atoms with Crippen LogP contribution in [0.1, 0.15) is 20.8 Å². The molecule has 46 heavy (non-hydrogen) atoms. The van der Waals surface area contributed by atoms with Gasteiger partial charge in [-0.2, -0.15) is 0 Å². The van der Waals surface area contributed by atoms with Crippen LogP contribution in [0.5, 0.6) is 0 Å². The van der Waals surface area contributed by atoms with Gasteiger partial charge in [0.05, 0.1) is 79.3 Å². The van der Waals surface area contributed by atoms with Crippen molar-refractivity contribution in [1.29, 1.82) is 0 Å². The second-order valence-corrected chi connectivity index (χ2v) is 11.1. The third kappa shape index (κ3) is 13.9. The Balaban J connectivity index is 1.48. The first-order valence-corrected chi connectivity index (χ1v) is 15.3. The van der Waals surface area contributed by atoms with E-state index in [0.717, 1.165) is 0 Å². The maximum atomic E-state index is 11.5. The van der Waals surface area contributed by atoms with Gasteiger partial charge in [0.25, 0.3) is 0 Å². The maximum absolute atomic E-state index is 11.5. The topological polar surface area (TPSA) is 253 Å². The molecule has 2 saturated heterocycles. The number of ether oxygens (including phenoxy) is 8. The van der Waals surface area contributed by atoms with Crippen LogP contribution in [-0.4, -0.2) is 183 Å². The molecule has 0 aromatic heterocycles. The predicted molar refractivity (Wildman–Crippen MR) is 155 cm³/mol. The van der Waals surface area contributed by atoms with Gasteiger partial charge in [0.15, 0.2) is 12.6 Å². The van der Waals surface area contributed by atoms with Gasteiger partial charge >= 0.3 is 0 Å². The minimum Gasteiger partial charge on any atom is -0.394 e. The van der Waals surface area contributed by atoms with Crippen molar-refractivity contribution in [3.63, 3.8) is 0 Å². The standard InChI is InChI=1S/C28H52N2O16/c1-16(14-41-6-4-39-8-10-43-27-21(29-17(2)33)25(37)23(35)19(12-31)45-27)15-42-7-5-40-9-11-44-28-22(30-18(3)34)26(38)24(36)20(13-32)46-28/h16,19-28,31-32,35-38H,4-15H2,1-3H3,(H,29,33)(H,30,34)/t16?,19?,20?,21?,22?,23-,24?,25+,26?,27+,28?/m0/s1. The third-order valence-electron chi connectivity index (χ3n) is 7.07. The lowest BCUT2D eigenvalue weighted by Gasteiger charge is -2.42. The third-order valence-corrected chi connectivity index (χ3v) is 7.07. The summed E-state index contributed by atoms with van der Waals surface area (Å²) in [5.41, 5.74) is 0. The van der Waals surface area contributed by atoms with E-state index in [1.54, 1.807) is 0 Å². The number of carbonyl (C=O) groups excluding carboxylic acids is 2. The average Bonchev–Trinajstić information content (AvgIpc) is 3.01. The fourth-order valence-electron chi connectivity index (χ4n) is 4.73. The first kappa shape index (κ1) is 40.6. The molecule has 2 fully saturated rings. The molecule has 0 bridgehead atoms. The number of amides is 2. The minimum atomic E-state index is -1.38. The van der Waals surface area contributed by atoms with E-state index in [0.29, 0.717) is 39.6 Å². The van der Waals surface area contributed by atoms with Crippen molar-refractivity contribution in [2.75, 3.05) is 79.3 Å². The highest BCUT2D eigenvalue weighted by molar-refractivity contribution is 5.73. The molecular weight excluding hydrogens is 620 g/mol. The van der Waals surface area contributed by atoms with Gasteiger partial charge in [0.1, 0.15) is 48.7 Å². The van der Waals surface area contributed by atoms with Gasteiger partial charge in [-0.25, -0.2) is 0 Å². The Kier molecular flexibility index (Phi) is 19.5. The lowest BCUT2D eigenvalue weighted by molar-refractivity contribution is -0.272. The number of nitrogens with one attached hydrogen (secondary N) is 2. The quantitative estimate of drug-likeness (QED) is 0.0506. The summed E-state index contributed by atoms with van der Waals surface area (Å²) in [5.74, 6) is -0.765. The Labute approximate surface area is 268 Å². The molecule has 0 radical (unpaired) electrons. The van der Waals surface area contributed by atoms with E-state index in [1.165, 1.54) is 13.8 Å². The van der Waals surface area contributed by atoms with Crippen LogP contribution in [0.15, 0.2) is 0 Å². The van der Waals surface area contributed by atoms with Crippen LogP contribution in [0.2, 0.25) is 0 Å². The highest BCUT2D eigenvalue weighted by atomic mass is 16.7. The largest absolute Gasteiger partial charge is 0.394 e. The summed E-state index contributed by atoms with van der Waals surface area (Å²) in [6, 6.07) is -2.02. The SMILES string of the molecule is CC(=O)NC1C(OCCOCCOCC(C)COCCOCCO[C@@H]2OC(CO)[C@H](O)[C@H](O)C2NC(C)=O)OC(CO)C(O)C1O. The van der Waals surface area contributed by atoms with Crippen molar-refractivity contribution in [3.8, 4) is 0 Å². The molecule has 0 aliphatic carbocycles. The molecular formula is C28H52N2O16. The van der Waals surface area contributed by atoms with E-state index in [1.807, 2.05) is 6.92 Å². The summed E-state index contributed by atoms with van der Waals surface area (Å²) < 4.78 is 44.3. The molecule has 8 N–H and O–H groups in total. The van der Waals surface area contributed by atoms with Gasteiger partial charge < -0.3 is 79.2 Å². The van der Waals surface area contributed by atoms with E-state index in [2.05, 4.69) is 10.6 Å². The fraction of sp³-hybridized carbons (Fsp3) is 0.929. The Morgan fingerprint density at radius 3 is 1.30 bits per heavy atom. The fourth-order valence-corrected chi connectivity index (χ4v) is 4.73. The smallest absolute Gasteiger partial charge is 0.217 e. The van der Waals surface area contributed by atoms with Crippen LogP contribution >= 0.6 is 0 Å². The predicted octanol–water partition coefficient (Wildman–Crippen LogP) is -4.39. The lowest BCUT2D eigenvalue weighted by Crippen LogP contribution is -2.64. The molecule has 0 aromatic carbocycles. The Bertz CT molecular complexity index is 792. The zero-order chi connectivity index (χ0) is 34.1. The molecule has 11 atom stereocenters. The van der Waals surface area contributed by atoms with E-state index in [-0.39, 0.29) is 32.3 Å². The first-order chi connectivity index (χ1) is 22.0. The zero-order valence-electron chi connectivity index (χ0n) is 26.6. The molecule has 18 heteroatoms. The molecule has 2 aliphatic heterocycles. The number of carbonyl (C=O) groups is 2. The van der Waals surface area contributed by atoms with Crippen LogP contribution in [0.4, 0.5) is 0 Å². The molecule has 0 aromatic rings. The second-order valence-electron chi connectivity index (χ2n) is 11.1. The number of hydrogen-bond acceptors (Lipinski definition) is 16. The highest BCUT2D eigenvalue weighted by Crippen LogP contribution is 2.23.